The summed E-state index contributed by atoms with van der Waals surface area (Å²) in [5, 5.41) is 9.37. The smallest absolute Gasteiger partial charge is 0.137 e. The second-order valence-corrected chi connectivity index (χ2v) is 13.7. The lowest BCUT2D eigenvalue weighted by atomic mass is 9.93. The van der Waals surface area contributed by atoms with Crippen LogP contribution in [0.3, 0.4) is 0 Å². The van der Waals surface area contributed by atoms with Gasteiger partial charge in [0, 0.05) is 27.4 Å². The fourth-order valence-electron chi connectivity index (χ4n) is 8.26. The second kappa shape index (κ2) is 11.7. The van der Waals surface area contributed by atoms with Gasteiger partial charge in [-0.1, -0.05) is 127 Å². The molecule has 0 saturated heterocycles. The van der Waals surface area contributed by atoms with Crippen LogP contribution >= 0.6 is 0 Å². The van der Waals surface area contributed by atoms with E-state index in [1.807, 2.05) is 24.3 Å². The first kappa shape index (κ1) is 29.6. The van der Waals surface area contributed by atoms with Crippen LogP contribution in [-0.2, 0) is 0 Å². The maximum Gasteiger partial charge on any atom is 0.137 e. The summed E-state index contributed by atoms with van der Waals surface area (Å²) in [6.07, 6.45) is 0. The monoisotopic (exact) mass is 677 g/mol. The Labute approximate surface area is 305 Å². The zero-order valence-corrected chi connectivity index (χ0v) is 28.7. The van der Waals surface area contributed by atoms with Crippen molar-refractivity contribution in [2.45, 2.75) is 0 Å². The topological polar surface area (TPSA) is 29.5 Å². The van der Waals surface area contributed by atoms with Gasteiger partial charge >= 0.3 is 0 Å². The first-order valence-electron chi connectivity index (χ1n) is 18.0. The molecule has 0 fully saturated rings. The van der Waals surface area contributed by atoms with Crippen LogP contribution in [0.1, 0.15) is 0 Å². The number of benzene rings is 9. The molecule has 0 aliphatic rings. The first-order valence-corrected chi connectivity index (χ1v) is 18.0. The summed E-state index contributed by atoms with van der Waals surface area (Å²) in [5.41, 5.74) is 11.3. The molecule has 9 aromatic carbocycles. The zero-order valence-electron chi connectivity index (χ0n) is 28.7. The second-order valence-electron chi connectivity index (χ2n) is 13.7. The van der Waals surface area contributed by atoms with Gasteiger partial charge in [-0.25, -0.2) is 0 Å². The lowest BCUT2D eigenvalue weighted by Gasteiger charge is -2.29. The molecule has 0 amide bonds. The Morgan fingerprint density at radius 1 is 0.321 bits per heavy atom. The molecule has 0 atom stereocenters. The Morgan fingerprint density at radius 2 is 0.925 bits per heavy atom. The Hall–Kier alpha value is -7.10. The maximum atomic E-state index is 6.46. The number of furan rings is 2. The molecule has 11 aromatic rings. The van der Waals surface area contributed by atoms with Gasteiger partial charge in [0.1, 0.15) is 22.3 Å². The van der Waals surface area contributed by atoms with E-state index in [1.54, 1.807) is 0 Å². The van der Waals surface area contributed by atoms with Gasteiger partial charge in [-0.05, 0) is 98.9 Å². The molecular weight excluding hydrogens is 647 g/mol. The standard InChI is InChI=1S/C50H31NO2/c1-2-16-36-33(13-1)30-42(39-19-4-3-18-38(36)39)32-14-11-15-35(29-32)51(45-23-12-26-49-50(45)41-21-7-10-25-47(41)53-49)44-22-8-5-17-37(44)34-27-28-48-43(31-34)40-20-6-9-24-46(40)52-48/h1-31H. The average molecular weight is 678 g/mol. The van der Waals surface area contributed by atoms with Gasteiger partial charge in [0.25, 0.3) is 0 Å². The number of anilines is 3. The molecule has 0 unspecified atom stereocenters. The summed E-state index contributed by atoms with van der Waals surface area (Å²) in [4.78, 5) is 2.41. The molecule has 0 aliphatic heterocycles. The predicted octanol–water partition coefficient (Wildman–Crippen LogP) is 14.6. The molecular formula is C50H31NO2. The van der Waals surface area contributed by atoms with E-state index in [2.05, 4.69) is 169 Å². The van der Waals surface area contributed by atoms with Crippen molar-refractivity contribution >= 4 is 82.5 Å². The van der Waals surface area contributed by atoms with Crippen molar-refractivity contribution in [1.82, 2.24) is 0 Å². The largest absolute Gasteiger partial charge is 0.456 e. The minimum Gasteiger partial charge on any atom is -0.456 e. The minimum absolute atomic E-state index is 0.856. The van der Waals surface area contributed by atoms with Crippen LogP contribution in [0.5, 0.6) is 0 Å². The van der Waals surface area contributed by atoms with Crippen LogP contribution in [0.25, 0.3) is 87.7 Å². The Bertz CT molecular complexity index is 3200. The van der Waals surface area contributed by atoms with E-state index in [1.165, 1.54) is 27.1 Å². The van der Waals surface area contributed by atoms with Gasteiger partial charge in [0.2, 0.25) is 0 Å². The highest BCUT2D eigenvalue weighted by atomic mass is 16.3. The van der Waals surface area contributed by atoms with E-state index in [0.717, 1.165) is 77.6 Å². The van der Waals surface area contributed by atoms with Crippen molar-refractivity contribution in [1.29, 1.82) is 0 Å². The van der Waals surface area contributed by atoms with E-state index in [4.69, 9.17) is 8.83 Å². The SMILES string of the molecule is c1cc(-c2cc3ccccc3c3ccccc23)cc(N(c2ccccc2-c2ccc3oc4ccccc4c3c2)c2cccc3oc4ccccc4c23)c1. The summed E-state index contributed by atoms with van der Waals surface area (Å²) in [6.45, 7) is 0. The van der Waals surface area contributed by atoms with E-state index in [-0.39, 0.29) is 0 Å². The Balaban J connectivity index is 1.18. The molecule has 11 rings (SSSR count). The third-order valence-corrected chi connectivity index (χ3v) is 10.6. The van der Waals surface area contributed by atoms with Crippen LogP contribution < -0.4 is 4.90 Å². The number of hydrogen-bond donors (Lipinski definition) is 0. The fourth-order valence-corrected chi connectivity index (χ4v) is 8.26. The molecule has 0 N–H and O–H groups in total. The van der Waals surface area contributed by atoms with Gasteiger partial charge in [0.15, 0.2) is 0 Å². The maximum absolute atomic E-state index is 6.46. The van der Waals surface area contributed by atoms with Crippen molar-refractivity contribution in [2.75, 3.05) is 4.90 Å². The number of rotatable bonds is 5. The number of para-hydroxylation sites is 3. The van der Waals surface area contributed by atoms with Crippen LogP contribution in [-0.4, -0.2) is 0 Å². The highest BCUT2D eigenvalue weighted by Gasteiger charge is 2.23. The molecule has 2 heterocycles. The van der Waals surface area contributed by atoms with Gasteiger partial charge in [0.05, 0.1) is 16.8 Å². The summed E-state index contributed by atoms with van der Waals surface area (Å²) in [7, 11) is 0. The number of hydrogen-bond acceptors (Lipinski definition) is 3. The minimum atomic E-state index is 0.856. The van der Waals surface area contributed by atoms with Gasteiger partial charge < -0.3 is 13.7 Å². The van der Waals surface area contributed by atoms with Crippen LogP contribution in [0.4, 0.5) is 17.1 Å². The summed E-state index contributed by atoms with van der Waals surface area (Å²) < 4.78 is 12.7. The molecule has 0 bridgehead atoms. The molecule has 0 saturated carbocycles. The van der Waals surface area contributed by atoms with Crippen LogP contribution in [0.15, 0.2) is 197 Å². The first-order chi connectivity index (χ1) is 26.3. The van der Waals surface area contributed by atoms with E-state index in [9.17, 15) is 0 Å². The summed E-state index contributed by atoms with van der Waals surface area (Å²) in [5.74, 6) is 0. The Morgan fingerprint density at radius 3 is 1.81 bits per heavy atom. The molecule has 248 valence electrons. The third-order valence-electron chi connectivity index (χ3n) is 10.6. The van der Waals surface area contributed by atoms with Crippen molar-refractivity contribution in [3.05, 3.63) is 188 Å². The quantitative estimate of drug-likeness (QED) is 0.170. The van der Waals surface area contributed by atoms with Gasteiger partial charge in [-0.15, -0.1) is 0 Å². The normalized spacial score (nSPS) is 11.8. The molecule has 0 radical (unpaired) electrons. The number of fused-ring (bicyclic) bond motifs is 9. The summed E-state index contributed by atoms with van der Waals surface area (Å²) in [6, 6.07) is 66.9. The molecule has 3 nitrogen and oxygen atoms in total. The fraction of sp³-hybridized carbons (Fsp3) is 0. The molecule has 53 heavy (non-hydrogen) atoms. The van der Waals surface area contributed by atoms with Crippen molar-refractivity contribution in [3.8, 4) is 22.3 Å². The van der Waals surface area contributed by atoms with Crippen molar-refractivity contribution < 1.29 is 8.83 Å². The van der Waals surface area contributed by atoms with E-state index < -0.39 is 0 Å². The van der Waals surface area contributed by atoms with Gasteiger partial charge in [-0.2, -0.15) is 0 Å². The predicted molar refractivity (Wildman–Crippen MR) is 222 cm³/mol. The molecule has 2 aromatic heterocycles. The highest BCUT2D eigenvalue weighted by molar-refractivity contribution is 6.16. The van der Waals surface area contributed by atoms with Gasteiger partial charge in [-0.3, -0.25) is 0 Å². The van der Waals surface area contributed by atoms with E-state index >= 15 is 0 Å². The lowest BCUT2D eigenvalue weighted by molar-refractivity contribution is 0.668. The average Bonchev–Trinajstić information content (AvgIpc) is 3.80. The molecule has 0 spiro atoms. The molecule has 0 aliphatic carbocycles. The Kier molecular flexibility index (Phi) is 6.55. The highest BCUT2D eigenvalue weighted by Crippen LogP contribution is 2.47. The van der Waals surface area contributed by atoms with E-state index in [0.29, 0.717) is 0 Å². The van der Waals surface area contributed by atoms with Crippen molar-refractivity contribution in [2.24, 2.45) is 0 Å². The molecule has 3 heteroatoms. The number of nitrogens with zero attached hydrogens (tertiary/aromatic N) is 1. The third kappa shape index (κ3) is 4.68. The zero-order chi connectivity index (χ0) is 34.9. The summed E-state index contributed by atoms with van der Waals surface area (Å²) >= 11 is 0. The van der Waals surface area contributed by atoms with Crippen LogP contribution in [0, 0.1) is 0 Å². The lowest BCUT2D eigenvalue weighted by Crippen LogP contribution is -2.11. The van der Waals surface area contributed by atoms with Crippen LogP contribution in [0.2, 0.25) is 0 Å². The van der Waals surface area contributed by atoms with Crippen molar-refractivity contribution in [3.63, 3.8) is 0 Å².